The molecule has 0 heterocycles. The molecule has 0 aliphatic heterocycles. The summed E-state index contributed by atoms with van der Waals surface area (Å²) in [5, 5.41) is 0. The first kappa shape index (κ1) is 14.7. The molecule has 0 fully saturated rings. The predicted octanol–water partition coefficient (Wildman–Crippen LogP) is 1.85. The van der Waals surface area contributed by atoms with Crippen molar-refractivity contribution in [3.8, 4) is 11.1 Å². The second-order valence-electron chi connectivity index (χ2n) is 3.97. The summed E-state index contributed by atoms with van der Waals surface area (Å²) in [7, 11) is -8.70. The van der Waals surface area contributed by atoms with Crippen molar-refractivity contribution in [2.75, 3.05) is 0 Å². The minimum Gasteiger partial charge on any atom is -0.282 e. The Morgan fingerprint density at radius 3 is 1.75 bits per heavy atom. The van der Waals surface area contributed by atoms with Gasteiger partial charge < -0.3 is 0 Å². The minimum atomic E-state index is -4.39. The van der Waals surface area contributed by atoms with Gasteiger partial charge in [0, 0.05) is 5.56 Å². The van der Waals surface area contributed by atoms with Crippen molar-refractivity contribution in [2.24, 2.45) is 0 Å². The largest absolute Gasteiger partial charge is 0.295 e. The first-order chi connectivity index (χ1) is 9.19. The molecule has 0 aliphatic rings. The Labute approximate surface area is 116 Å². The van der Waals surface area contributed by atoms with Crippen molar-refractivity contribution in [3.05, 3.63) is 48.5 Å². The summed E-state index contributed by atoms with van der Waals surface area (Å²) in [6.45, 7) is 0. The molecular weight excluding hydrogens is 304 g/mol. The third-order valence-corrected chi connectivity index (χ3v) is 4.41. The van der Waals surface area contributed by atoms with Crippen LogP contribution in [0.1, 0.15) is 0 Å². The van der Waals surface area contributed by atoms with Gasteiger partial charge in [-0.1, -0.05) is 30.3 Å². The maximum absolute atomic E-state index is 11.3. The van der Waals surface area contributed by atoms with Crippen LogP contribution in [0.3, 0.4) is 0 Å². The molecule has 2 aromatic rings. The summed E-state index contributed by atoms with van der Waals surface area (Å²) < 4.78 is 62.4. The summed E-state index contributed by atoms with van der Waals surface area (Å²) >= 11 is 0. The van der Waals surface area contributed by atoms with Crippen LogP contribution in [0.25, 0.3) is 11.1 Å². The monoisotopic (exact) mass is 314 g/mol. The molecule has 106 valence electrons. The summed E-state index contributed by atoms with van der Waals surface area (Å²) in [5.41, 5.74) is 0.627. The first-order valence-electron chi connectivity index (χ1n) is 5.34. The smallest absolute Gasteiger partial charge is 0.282 e. The molecule has 2 N–H and O–H groups in total. The highest BCUT2D eigenvalue weighted by molar-refractivity contribution is 7.86. The normalized spacial score (nSPS) is 12.3. The van der Waals surface area contributed by atoms with Crippen molar-refractivity contribution < 1.29 is 25.9 Å². The minimum absolute atomic E-state index is 0.233. The Hall–Kier alpha value is -1.74. The molecule has 0 spiro atoms. The number of benzene rings is 2. The van der Waals surface area contributed by atoms with E-state index >= 15 is 0 Å². The van der Waals surface area contributed by atoms with Crippen LogP contribution in [0, 0.1) is 0 Å². The van der Waals surface area contributed by atoms with E-state index in [0.29, 0.717) is 5.56 Å². The SMILES string of the molecule is O=S(=O)(O)c1ccc(-c2ccccc2S(=O)(=O)O)cc1. The zero-order valence-electron chi connectivity index (χ0n) is 9.96. The van der Waals surface area contributed by atoms with Gasteiger partial charge >= 0.3 is 0 Å². The van der Waals surface area contributed by atoms with Gasteiger partial charge in [0.05, 0.1) is 4.90 Å². The van der Waals surface area contributed by atoms with E-state index in [9.17, 15) is 16.8 Å². The van der Waals surface area contributed by atoms with Crippen molar-refractivity contribution in [1.82, 2.24) is 0 Å². The van der Waals surface area contributed by atoms with Crippen molar-refractivity contribution in [1.29, 1.82) is 0 Å². The second kappa shape index (κ2) is 4.98. The molecular formula is C12H10O6S2. The zero-order valence-corrected chi connectivity index (χ0v) is 11.6. The van der Waals surface area contributed by atoms with Crippen molar-refractivity contribution in [2.45, 2.75) is 9.79 Å². The number of hydrogen-bond acceptors (Lipinski definition) is 4. The lowest BCUT2D eigenvalue weighted by Gasteiger charge is -2.07. The van der Waals surface area contributed by atoms with Crippen LogP contribution >= 0.6 is 0 Å². The highest BCUT2D eigenvalue weighted by Crippen LogP contribution is 2.27. The lowest BCUT2D eigenvalue weighted by molar-refractivity contribution is 0.481. The van der Waals surface area contributed by atoms with Gasteiger partial charge in [-0.05, 0) is 23.8 Å². The fraction of sp³-hybridized carbons (Fsp3) is 0. The fourth-order valence-corrected chi connectivity index (χ4v) is 2.93. The number of hydrogen-bond donors (Lipinski definition) is 2. The molecule has 0 unspecified atom stereocenters. The van der Waals surface area contributed by atoms with Crippen LogP contribution in [-0.2, 0) is 20.2 Å². The summed E-state index contributed by atoms with van der Waals surface area (Å²) in [6, 6.07) is 10.7. The molecule has 0 aliphatic carbocycles. The molecule has 0 aromatic heterocycles. The molecule has 20 heavy (non-hydrogen) atoms. The Morgan fingerprint density at radius 2 is 1.25 bits per heavy atom. The average molecular weight is 314 g/mol. The molecule has 0 saturated heterocycles. The van der Waals surface area contributed by atoms with Gasteiger partial charge in [0.2, 0.25) is 0 Å². The van der Waals surface area contributed by atoms with Crippen molar-refractivity contribution in [3.63, 3.8) is 0 Å². The lowest BCUT2D eigenvalue weighted by Crippen LogP contribution is -2.01. The topological polar surface area (TPSA) is 109 Å². The molecule has 0 radical (unpaired) electrons. The lowest BCUT2D eigenvalue weighted by atomic mass is 10.1. The van der Waals surface area contributed by atoms with Crippen molar-refractivity contribution >= 4 is 20.2 Å². The van der Waals surface area contributed by atoms with E-state index in [-0.39, 0.29) is 15.4 Å². The van der Waals surface area contributed by atoms with Crippen LogP contribution in [-0.4, -0.2) is 25.9 Å². The Balaban J connectivity index is 2.59. The summed E-state index contributed by atoms with van der Waals surface area (Å²) in [4.78, 5) is -0.579. The molecule has 0 atom stereocenters. The van der Waals surface area contributed by atoms with Gasteiger partial charge in [0.25, 0.3) is 20.2 Å². The quantitative estimate of drug-likeness (QED) is 0.837. The molecule has 0 saturated carbocycles. The van der Waals surface area contributed by atoms with E-state index in [2.05, 4.69) is 0 Å². The molecule has 6 nitrogen and oxygen atoms in total. The summed E-state index contributed by atoms with van der Waals surface area (Å²) in [6.07, 6.45) is 0. The molecule has 2 rings (SSSR count). The Kier molecular flexibility index (Phi) is 3.65. The second-order valence-corrected chi connectivity index (χ2v) is 6.78. The predicted molar refractivity (Wildman–Crippen MR) is 71.5 cm³/mol. The molecule has 0 bridgehead atoms. The first-order valence-corrected chi connectivity index (χ1v) is 8.22. The number of rotatable bonds is 3. The maximum atomic E-state index is 11.3. The molecule has 2 aromatic carbocycles. The van der Waals surface area contributed by atoms with Gasteiger partial charge in [-0.25, -0.2) is 0 Å². The van der Waals surface area contributed by atoms with E-state index < -0.39 is 20.2 Å². The van der Waals surface area contributed by atoms with Gasteiger partial charge in [0.15, 0.2) is 0 Å². The van der Waals surface area contributed by atoms with Crippen LogP contribution < -0.4 is 0 Å². The Bertz CT molecular complexity index is 836. The Morgan fingerprint density at radius 1 is 0.700 bits per heavy atom. The van der Waals surface area contributed by atoms with E-state index in [4.69, 9.17) is 9.11 Å². The van der Waals surface area contributed by atoms with Crippen LogP contribution in [0.4, 0.5) is 0 Å². The van der Waals surface area contributed by atoms with E-state index in [1.165, 1.54) is 30.3 Å². The van der Waals surface area contributed by atoms with E-state index in [1.54, 1.807) is 6.07 Å². The maximum Gasteiger partial charge on any atom is 0.295 e. The van der Waals surface area contributed by atoms with Gasteiger partial charge in [-0.3, -0.25) is 9.11 Å². The van der Waals surface area contributed by atoms with E-state index in [0.717, 1.165) is 12.1 Å². The van der Waals surface area contributed by atoms with Gasteiger partial charge in [-0.15, -0.1) is 0 Å². The highest BCUT2D eigenvalue weighted by Gasteiger charge is 2.16. The van der Waals surface area contributed by atoms with Gasteiger partial charge in [-0.2, -0.15) is 16.8 Å². The van der Waals surface area contributed by atoms with Gasteiger partial charge in [0.1, 0.15) is 4.90 Å². The highest BCUT2D eigenvalue weighted by atomic mass is 32.2. The van der Waals surface area contributed by atoms with Crippen LogP contribution in [0.5, 0.6) is 0 Å². The third-order valence-electron chi connectivity index (χ3n) is 2.63. The van der Waals surface area contributed by atoms with E-state index in [1.807, 2.05) is 0 Å². The molecule has 0 amide bonds. The van der Waals surface area contributed by atoms with Crippen LogP contribution in [0.15, 0.2) is 58.3 Å². The summed E-state index contributed by atoms with van der Waals surface area (Å²) in [5.74, 6) is 0. The van der Waals surface area contributed by atoms with Crippen LogP contribution in [0.2, 0.25) is 0 Å². The average Bonchev–Trinajstić information content (AvgIpc) is 2.37. The fourth-order valence-electron chi connectivity index (χ4n) is 1.74. The third kappa shape index (κ3) is 3.05. The molecule has 8 heteroatoms. The zero-order chi connectivity index (χ0) is 15.0. The standard InChI is InChI=1S/C12H10O6S2/c13-19(14,15)10-7-5-9(6-8-10)11-3-1-2-4-12(11)20(16,17)18/h1-8H,(H,13,14,15)(H,16,17,18).